The third-order valence-electron chi connectivity index (χ3n) is 3.84. The van der Waals surface area contributed by atoms with Crippen LogP contribution in [0, 0.1) is 0 Å². The largest absolute Gasteiger partial charge is 0.308 e. The van der Waals surface area contributed by atoms with Gasteiger partial charge in [-0.1, -0.05) is 18.6 Å². The Kier molecular flexibility index (Phi) is 6.20. The maximum atomic E-state index is 4.47. The van der Waals surface area contributed by atoms with Crippen molar-refractivity contribution >= 4 is 11.3 Å². The molecule has 0 aromatic carbocycles. The Balaban J connectivity index is 1.68. The number of nitrogens with zero attached hydrogens (tertiary/aromatic N) is 2. The van der Waals surface area contributed by atoms with Crippen molar-refractivity contribution in [3.05, 3.63) is 27.7 Å². The van der Waals surface area contributed by atoms with Crippen LogP contribution >= 0.6 is 11.3 Å². The van der Waals surface area contributed by atoms with E-state index in [0.29, 0.717) is 6.04 Å². The Hall–Kier alpha value is -0.710. The van der Waals surface area contributed by atoms with E-state index in [9.17, 15) is 0 Å². The highest BCUT2D eigenvalue weighted by molar-refractivity contribution is 7.11. The summed E-state index contributed by atoms with van der Waals surface area (Å²) in [5.41, 5.74) is 1.42. The number of hydrogen-bond donors (Lipinski definition) is 1. The maximum Gasteiger partial charge on any atom is 0.107 e. The molecule has 2 heterocycles. The molecule has 1 saturated heterocycles. The van der Waals surface area contributed by atoms with E-state index in [0.717, 1.165) is 19.5 Å². The second kappa shape index (κ2) is 7.91. The third-order valence-corrected chi connectivity index (χ3v) is 4.98. The van der Waals surface area contributed by atoms with Gasteiger partial charge in [0.25, 0.3) is 0 Å². The molecule has 3 nitrogen and oxygen atoms in total. The number of aromatic nitrogens is 1. The molecule has 0 bridgehead atoms. The first kappa shape index (κ1) is 15.7. The van der Waals surface area contributed by atoms with Gasteiger partial charge in [0.1, 0.15) is 5.01 Å². The summed E-state index contributed by atoms with van der Waals surface area (Å²) in [5.74, 6) is 0. The van der Waals surface area contributed by atoms with Gasteiger partial charge in [0, 0.05) is 30.2 Å². The van der Waals surface area contributed by atoms with Gasteiger partial charge in [0.15, 0.2) is 0 Å². The van der Waals surface area contributed by atoms with Gasteiger partial charge in [-0.25, -0.2) is 4.98 Å². The zero-order valence-electron chi connectivity index (χ0n) is 13.0. The Morgan fingerprint density at radius 2 is 2.20 bits per heavy atom. The van der Waals surface area contributed by atoms with Gasteiger partial charge in [-0.2, -0.15) is 0 Å². The quantitative estimate of drug-likeness (QED) is 0.816. The van der Waals surface area contributed by atoms with E-state index in [-0.39, 0.29) is 0 Å². The van der Waals surface area contributed by atoms with Gasteiger partial charge >= 0.3 is 0 Å². The van der Waals surface area contributed by atoms with Gasteiger partial charge in [-0.3, -0.25) is 4.90 Å². The SMILES string of the molecule is CCc1cnc(CNC2CCN(CC=C(C)C)CC2)s1. The number of aryl methyl sites for hydroxylation is 1. The fraction of sp³-hybridized carbons (Fsp3) is 0.688. The Morgan fingerprint density at radius 1 is 1.45 bits per heavy atom. The summed E-state index contributed by atoms with van der Waals surface area (Å²) in [7, 11) is 0. The van der Waals surface area contributed by atoms with Gasteiger partial charge in [0.05, 0.1) is 0 Å². The fourth-order valence-electron chi connectivity index (χ4n) is 2.46. The Morgan fingerprint density at radius 3 is 2.80 bits per heavy atom. The number of nitrogens with one attached hydrogen (secondary N) is 1. The van der Waals surface area contributed by atoms with Gasteiger partial charge < -0.3 is 5.32 Å². The van der Waals surface area contributed by atoms with Crippen LogP contribution in [-0.4, -0.2) is 35.6 Å². The molecule has 0 aliphatic carbocycles. The van der Waals surface area contributed by atoms with E-state index in [1.807, 2.05) is 17.5 Å². The van der Waals surface area contributed by atoms with Crippen molar-refractivity contribution in [3.8, 4) is 0 Å². The number of piperidine rings is 1. The minimum Gasteiger partial charge on any atom is -0.308 e. The molecule has 0 radical (unpaired) electrons. The summed E-state index contributed by atoms with van der Waals surface area (Å²) in [6, 6.07) is 0.659. The summed E-state index contributed by atoms with van der Waals surface area (Å²) in [6.45, 7) is 11.0. The van der Waals surface area contributed by atoms with Crippen molar-refractivity contribution in [2.75, 3.05) is 19.6 Å². The first-order chi connectivity index (χ1) is 9.67. The van der Waals surface area contributed by atoms with Crippen LogP contribution in [0.1, 0.15) is 43.5 Å². The Bertz CT molecular complexity index is 427. The molecule has 4 heteroatoms. The van der Waals surface area contributed by atoms with Gasteiger partial charge in [-0.15, -0.1) is 11.3 Å². The lowest BCUT2D eigenvalue weighted by Gasteiger charge is -2.31. The lowest BCUT2D eigenvalue weighted by Crippen LogP contribution is -2.42. The molecule has 0 spiro atoms. The molecular formula is C16H27N3S. The predicted octanol–water partition coefficient (Wildman–Crippen LogP) is 3.23. The lowest BCUT2D eigenvalue weighted by molar-refractivity contribution is 0.214. The molecule has 2 rings (SSSR count). The van der Waals surface area contributed by atoms with E-state index in [4.69, 9.17) is 0 Å². The Labute approximate surface area is 127 Å². The zero-order valence-corrected chi connectivity index (χ0v) is 13.8. The van der Waals surface area contributed by atoms with E-state index in [1.54, 1.807) is 0 Å². The highest BCUT2D eigenvalue weighted by Gasteiger charge is 2.18. The average molecular weight is 293 g/mol. The van der Waals surface area contributed by atoms with Crippen molar-refractivity contribution in [3.63, 3.8) is 0 Å². The van der Waals surface area contributed by atoms with Crippen molar-refractivity contribution in [1.29, 1.82) is 0 Å². The first-order valence-electron chi connectivity index (χ1n) is 7.70. The highest BCUT2D eigenvalue weighted by atomic mass is 32.1. The van der Waals surface area contributed by atoms with Crippen LogP contribution in [0.2, 0.25) is 0 Å². The number of rotatable bonds is 6. The molecule has 1 aromatic rings. The van der Waals surface area contributed by atoms with Crippen molar-refractivity contribution in [2.24, 2.45) is 0 Å². The molecule has 1 aliphatic rings. The summed E-state index contributed by atoms with van der Waals surface area (Å²) in [6.07, 6.45) is 7.95. The zero-order chi connectivity index (χ0) is 14.4. The highest BCUT2D eigenvalue weighted by Crippen LogP contribution is 2.15. The molecular weight excluding hydrogens is 266 g/mol. The summed E-state index contributed by atoms with van der Waals surface area (Å²) in [4.78, 5) is 8.41. The van der Waals surface area contributed by atoms with Crippen LogP contribution in [0.3, 0.4) is 0 Å². The standard InChI is InChI=1S/C16H27N3S/c1-4-15-11-18-16(20-15)12-17-14-6-9-19(10-7-14)8-5-13(2)3/h5,11,14,17H,4,6-10,12H2,1-3H3. The van der Waals surface area contributed by atoms with Gasteiger partial charge in [-0.05, 0) is 46.2 Å². The van der Waals surface area contributed by atoms with Crippen molar-refractivity contribution in [1.82, 2.24) is 15.2 Å². The fourth-order valence-corrected chi connectivity index (χ4v) is 3.27. The molecule has 0 amide bonds. The van der Waals surface area contributed by atoms with Crippen LogP contribution in [-0.2, 0) is 13.0 Å². The molecule has 1 aliphatic heterocycles. The number of thiazole rings is 1. The van der Waals surface area contributed by atoms with Crippen LogP contribution < -0.4 is 5.32 Å². The van der Waals surface area contributed by atoms with E-state index >= 15 is 0 Å². The van der Waals surface area contributed by atoms with Crippen molar-refractivity contribution in [2.45, 2.75) is 52.6 Å². The van der Waals surface area contributed by atoms with Crippen LogP contribution in [0.25, 0.3) is 0 Å². The third kappa shape index (κ3) is 5.00. The summed E-state index contributed by atoms with van der Waals surface area (Å²) >= 11 is 1.84. The second-order valence-electron chi connectivity index (χ2n) is 5.81. The number of allylic oxidation sites excluding steroid dienone is 1. The van der Waals surface area contributed by atoms with Crippen LogP contribution in [0.15, 0.2) is 17.8 Å². The number of likely N-dealkylation sites (tertiary alicyclic amines) is 1. The number of hydrogen-bond acceptors (Lipinski definition) is 4. The molecule has 0 saturated carbocycles. The molecule has 0 unspecified atom stereocenters. The van der Waals surface area contributed by atoms with E-state index in [2.05, 4.69) is 42.0 Å². The molecule has 112 valence electrons. The minimum atomic E-state index is 0.659. The molecule has 1 fully saturated rings. The topological polar surface area (TPSA) is 28.2 Å². The maximum absolute atomic E-state index is 4.47. The van der Waals surface area contributed by atoms with Crippen molar-refractivity contribution < 1.29 is 0 Å². The molecule has 0 atom stereocenters. The van der Waals surface area contributed by atoms with Crippen LogP contribution in [0.5, 0.6) is 0 Å². The second-order valence-corrected chi connectivity index (χ2v) is 7.01. The minimum absolute atomic E-state index is 0.659. The monoisotopic (exact) mass is 293 g/mol. The lowest BCUT2D eigenvalue weighted by atomic mass is 10.1. The van der Waals surface area contributed by atoms with Crippen LogP contribution in [0.4, 0.5) is 0 Å². The first-order valence-corrected chi connectivity index (χ1v) is 8.51. The average Bonchev–Trinajstić information content (AvgIpc) is 2.92. The summed E-state index contributed by atoms with van der Waals surface area (Å²) in [5, 5.41) is 4.90. The summed E-state index contributed by atoms with van der Waals surface area (Å²) < 4.78 is 0. The predicted molar refractivity (Wildman–Crippen MR) is 87.2 cm³/mol. The van der Waals surface area contributed by atoms with E-state index in [1.165, 1.54) is 41.4 Å². The molecule has 1 N–H and O–H groups in total. The molecule has 1 aromatic heterocycles. The molecule has 20 heavy (non-hydrogen) atoms. The smallest absolute Gasteiger partial charge is 0.107 e. The van der Waals surface area contributed by atoms with Gasteiger partial charge in [0.2, 0.25) is 0 Å². The normalized spacial score (nSPS) is 17.4. The van der Waals surface area contributed by atoms with E-state index < -0.39 is 0 Å².